The Morgan fingerprint density at radius 2 is 1.68 bits per heavy atom. The van der Waals surface area contributed by atoms with Gasteiger partial charge in [0.05, 0.1) is 13.2 Å². The highest BCUT2D eigenvalue weighted by Crippen LogP contribution is 2.55. The summed E-state index contributed by atoms with van der Waals surface area (Å²) in [6.07, 6.45) is 7.60. The normalized spacial score (nSPS) is 36.5. The lowest BCUT2D eigenvalue weighted by Crippen LogP contribution is -2.59. The molecule has 2 heterocycles. The van der Waals surface area contributed by atoms with Gasteiger partial charge < -0.3 is 15.0 Å². The summed E-state index contributed by atoms with van der Waals surface area (Å²) < 4.78 is 5.36. The van der Waals surface area contributed by atoms with Crippen LogP contribution in [0.1, 0.15) is 49.0 Å². The first-order valence-electron chi connectivity index (χ1n) is 9.68. The molecule has 6 nitrogen and oxygen atoms in total. The molecule has 5 aliphatic rings. The summed E-state index contributed by atoms with van der Waals surface area (Å²) in [7, 11) is 0. The standard InChI is InChI=1S/C19H26N4O2/c24-18(16-1-2-17(22-21-16)23-3-5-25-6-4-23)20-19-10-13-7-14(11-19)9-15(8-13)12-19/h1-2,13-15H,3-12H2,(H,20,24). The maximum Gasteiger partial charge on any atom is 0.272 e. The number of aromatic nitrogens is 2. The van der Waals surface area contributed by atoms with Gasteiger partial charge in [0.1, 0.15) is 0 Å². The van der Waals surface area contributed by atoms with Crippen LogP contribution in [0.15, 0.2) is 12.1 Å². The van der Waals surface area contributed by atoms with E-state index in [-0.39, 0.29) is 11.4 Å². The van der Waals surface area contributed by atoms with E-state index in [0.717, 1.165) is 69.1 Å². The van der Waals surface area contributed by atoms with Gasteiger partial charge in [-0.3, -0.25) is 4.79 Å². The zero-order valence-corrected chi connectivity index (χ0v) is 14.6. The molecule has 4 aliphatic carbocycles. The van der Waals surface area contributed by atoms with Crippen LogP contribution >= 0.6 is 0 Å². The predicted molar refractivity (Wildman–Crippen MR) is 93.4 cm³/mol. The largest absolute Gasteiger partial charge is 0.378 e. The minimum Gasteiger partial charge on any atom is -0.378 e. The fourth-order valence-electron chi connectivity index (χ4n) is 5.98. The molecule has 4 saturated carbocycles. The molecular weight excluding hydrogens is 316 g/mol. The quantitative estimate of drug-likeness (QED) is 0.910. The maximum absolute atomic E-state index is 12.8. The number of nitrogens with one attached hydrogen (secondary N) is 1. The van der Waals surface area contributed by atoms with Crippen molar-refractivity contribution in [3.8, 4) is 0 Å². The molecule has 1 aromatic rings. The molecule has 6 heteroatoms. The Labute approximate surface area is 148 Å². The van der Waals surface area contributed by atoms with Crippen molar-refractivity contribution in [3.63, 3.8) is 0 Å². The predicted octanol–water partition coefficient (Wildman–Crippen LogP) is 2.01. The van der Waals surface area contributed by atoms with E-state index in [1.807, 2.05) is 12.1 Å². The van der Waals surface area contributed by atoms with E-state index in [1.165, 1.54) is 19.3 Å². The first-order valence-corrected chi connectivity index (χ1v) is 9.68. The molecule has 0 atom stereocenters. The van der Waals surface area contributed by atoms with E-state index in [1.54, 1.807) is 0 Å². The Balaban J connectivity index is 1.28. The SMILES string of the molecule is O=C(NC12CC3CC(CC(C3)C1)C2)c1ccc(N2CCOCC2)nn1. The van der Waals surface area contributed by atoms with Crippen molar-refractivity contribution in [2.45, 2.75) is 44.1 Å². The Morgan fingerprint density at radius 3 is 2.24 bits per heavy atom. The van der Waals surface area contributed by atoms with Gasteiger partial charge in [-0.25, -0.2) is 0 Å². The van der Waals surface area contributed by atoms with E-state index in [9.17, 15) is 4.79 Å². The van der Waals surface area contributed by atoms with Crippen LogP contribution < -0.4 is 10.2 Å². The number of morpholine rings is 1. The van der Waals surface area contributed by atoms with Crippen molar-refractivity contribution in [1.29, 1.82) is 0 Å². The van der Waals surface area contributed by atoms with Crippen LogP contribution in [0, 0.1) is 17.8 Å². The number of hydrogen-bond acceptors (Lipinski definition) is 5. The lowest BCUT2D eigenvalue weighted by atomic mass is 9.53. The summed E-state index contributed by atoms with van der Waals surface area (Å²) in [5.41, 5.74) is 0.462. The van der Waals surface area contributed by atoms with Crippen molar-refractivity contribution in [2.75, 3.05) is 31.2 Å². The average molecular weight is 342 g/mol. The third kappa shape index (κ3) is 2.90. The molecule has 1 N–H and O–H groups in total. The maximum atomic E-state index is 12.8. The van der Waals surface area contributed by atoms with Gasteiger partial charge in [0.25, 0.3) is 5.91 Å². The topological polar surface area (TPSA) is 67.4 Å². The smallest absolute Gasteiger partial charge is 0.272 e. The summed E-state index contributed by atoms with van der Waals surface area (Å²) in [6, 6.07) is 3.72. The lowest BCUT2D eigenvalue weighted by Gasteiger charge is -2.56. The molecular formula is C19H26N4O2. The highest BCUT2D eigenvalue weighted by atomic mass is 16.5. The van der Waals surface area contributed by atoms with Crippen LogP contribution in [0.2, 0.25) is 0 Å². The molecule has 1 saturated heterocycles. The van der Waals surface area contributed by atoms with Crippen molar-refractivity contribution < 1.29 is 9.53 Å². The first-order chi connectivity index (χ1) is 12.2. The Hall–Kier alpha value is -1.69. The molecule has 5 fully saturated rings. The molecule has 1 amide bonds. The zero-order chi connectivity index (χ0) is 16.9. The second kappa shape index (κ2) is 5.94. The third-order valence-corrected chi connectivity index (χ3v) is 6.64. The minimum absolute atomic E-state index is 0.0242. The molecule has 1 aromatic heterocycles. The number of hydrogen-bond donors (Lipinski definition) is 1. The van der Waals surface area contributed by atoms with E-state index in [4.69, 9.17) is 4.74 Å². The molecule has 0 radical (unpaired) electrons. The minimum atomic E-state index is -0.0528. The van der Waals surface area contributed by atoms with Gasteiger partial charge in [-0.1, -0.05) is 0 Å². The van der Waals surface area contributed by atoms with Crippen LogP contribution in [-0.4, -0.2) is 47.9 Å². The number of anilines is 1. The highest BCUT2D eigenvalue weighted by molar-refractivity contribution is 5.92. The average Bonchev–Trinajstić information content (AvgIpc) is 2.61. The fourth-order valence-corrected chi connectivity index (χ4v) is 5.98. The molecule has 0 unspecified atom stereocenters. The number of nitrogens with zero attached hydrogens (tertiary/aromatic N) is 3. The van der Waals surface area contributed by atoms with Gasteiger partial charge in [0.2, 0.25) is 0 Å². The Morgan fingerprint density at radius 1 is 1.04 bits per heavy atom. The van der Waals surface area contributed by atoms with Gasteiger partial charge in [0.15, 0.2) is 11.5 Å². The van der Waals surface area contributed by atoms with Crippen molar-refractivity contribution in [1.82, 2.24) is 15.5 Å². The molecule has 134 valence electrons. The van der Waals surface area contributed by atoms with Gasteiger partial charge >= 0.3 is 0 Å². The molecule has 4 bridgehead atoms. The van der Waals surface area contributed by atoms with Gasteiger partial charge in [-0.15, -0.1) is 10.2 Å². The highest BCUT2D eigenvalue weighted by Gasteiger charge is 2.51. The zero-order valence-electron chi connectivity index (χ0n) is 14.6. The molecule has 1 aliphatic heterocycles. The number of amides is 1. The molecule has 0 aromatic carbocycles. The monoisotopic (exact) mass is 342 g/mol. The molecule has 6 rings (SSSR count). The van der Waals surface area contributed by atoms with E-state index in [0.29, 0.717) is 5.69 Å². The first kappa shape index (κ1) is 15.6. The molecule has 25 heavy (non-hydrogen) atoms. The van der Waals surface area contributed by atoms with Crippen LogP contribution in [0.25, 0.3) is 0 Å². The number of carbonyl (C=O) groups excluding carboxylic acids is 1. The summed E-state index contributed by atoms with van der Waals surface area (Å²) in [5, 5.41) is 11.8. The van der Waals surface area contributed by atoms with Crippen molar-refractivity contribution in [2.24, 2.45) is 17.8 Å². The van der Waals surface area contributed by atoms with Crippen LogP contribution in [0.3, 0.4) is 0 Å². The van der Waals surface area contributed by atoms with Gasteiger partial charge in [-0.2, -0.15) is 0 Å². The Bertz CT molecular complexity index is 619. The summed E-state index contributed by atoms with van der Waals surface area (Å²) in [5.74, 6) is 3.24. The van der Waals surface area contributed by atoms with Crippen LogP contribution in [0.4, 0.5) is 5.82 Å². The Kier molecular flexibility index (Phi) is 3.69. The summed E-state index contributed by atoms with van der Waals surface area (Å²) in [6.45, 7) is 3.09. The summed E-state index contributed by atoms with van der Waals surface area (Å²) in [4.78, 5) is 14.9. The van der Waals surface area contributed by atoms with Crippen molar-refractivity contribution >= 4 is 11.7 Å². The number of ether oxygens (including phenoxy) is 1. The second-order valence-electron chi connectivity index (χ2n) is 8.53. The fraction of sp³-hybridized carbons (Fsp3) is 0.737. The van der Waals surface area contributed by atoms with E-state index in [2.05, 4.69) is 20.4 Å². The van der Waals surface area contributed by atoms with E-state index >= 15 is 0 Å². The van der Waals surface area contributed by atoms with Crippen molar-refractivity contribution in [3.05, 3.63) is 17.8 Å². The lowest BCUT2D eigenvalue weighted by molar-refractivity contribution is -0.0168. The van der Waals surface area contributed by atoms with E-state index < -0.39 is 0 Å². The third-order valence-electron chi connectivity index (χ3n) is 6.64. The summed E-state index contributed by atoms with van der Waals surface area (Å²) >= 11 is 0. The van der Waals surface area contributed by atoms with Crippen LogP contribution in [-0.2, 0) is 4.74 Å². The number of carbonyl (C=O) groups is 1. The van der Waals surface area contributed by atoms with Gasteiger partial charge in [-0.05, 0) is 68.4 Å². The molecule has 0 spiro atoms. The van der Waals surface area contributed by atoms with Crippen LogP contribution in [0.5, 0.6) is 0 Å². The second-order valence-corrected chi connectivity index (χ2v) is 8.53. The number of rotatable bonds is 3. The van der Waals surface area contributed by atoms with Gasteiger partial charge in [0, 0.05) is 18.6 Å².